The van der Waals surface area contributed by atoms with Gasteiger partial charge in [0.1, 0.15) is 0 Å². The smallest absolute Gasteiger partial charge is 0.345 e. The van der Waals surface area contributed by atoms with E-state index in [-0.39, 0.29) is 25.4 Å². The number of hydrogen-bond donors (Lipinski definition) is 1. The van der Waals surface area contributed by atoms with Crippen molar-refractivity contribution in [1.29, 1.82) is 0 Å². The fraction of sp³-hybridized carbons (Fsp3) is 0.923. The molecule has 2 fully saturated rings. The van der Waals surface area contributed by atoms with Crippen molar-refractivity contribution in [3.8, 4) is 0 Å². The molecule has 2 atom stereocenters. The van der Waals surface area contributed by atoms with E-state index < -0.39 is 17.5 Å². The average Bonchev–Trinajstić information content (AvgIpc) is 2.97. The molecular formula is C13H22F3N3O. The topological polar surface area (TPSA) is 35.6 Å². The monoisotopic (exact) mass is 293 g/mol. The van der Waals surface area contributed by atoms with Crippen LogP contribution in [0.5, 0.6) is 0 Å². The third-order valence-electron chi connectivity index (χ3n) is 4.48. The van der Waals surface area contributed by atoms with Gasteiger partial charge in [-0.05, 0) is 38.9 Å². The largest absolute Gasteiger partial charge is 0.404 e. The van der Waals surface area contributed by atoms with Gasteiger partial charge in [-0.1, -0.05) is 0 Å². The summed E-state index contributed by atoms with van der Waals surface area (Å²) in [7, 11) is 3.48. The zero-order valence-corrected chi connectivity index (χ0v) is 12.0. The highest BCUT2D eigenvalue weighted by Gasteiger charge is 2.62. The Bertz CT molecular complexity index is 366. The number of carbonyl (C=O) groups is 1. The Morgan fingerprint density at radius 1 is 1.50 bits per heavy atom. The summed E-state index contributed by atoms with van der Waals surface area (Å²) in [5.41, 5.74) is -2.23. The number of rotatable bonds is 3. The Labute approximate surface area is 117 Å². The van der Waals surface area contributed by atoms with E-state index in [0.717, 1.165) is 19.5 Å². The highest BCUT2D eigenvalue weighted by Crippen LogP contribution is 2.44. The van der Waals surface area contributed by atoms with Gasteiger partial charge >= 0.3 is 6.18 Å². The van der Waals surface area contributed by atoms with Crippen LogP contribution in [-0.4, -0.2) is 68.7 Å². The molecule has 0 spiro atoms. The van der Waals surface area contributed by atoms with Crippen molar-refractivity contribution in [3.63, 3.8) is 0 Å². The molecule has 2 rings (SSSR count). The first-order valence-electron chi connectivity index (χ1n) is 6.98. The summed E-state index contributed by atoms with van der Waals surface area (Å²) < 4.78 is 39.9. The number of halogens is 3. The minimum absolute atomic E-state index is 0.162. The molecule has 0 bridgehead atoms. The molecule has 116 valence electrons. The normalized spacial score (nSPS) is 31.8. The van der Waals surface area contributed by atoms with Gasteiger partial charge in [0.2, 0.25) is 5.91 Å². The summed E-state index contributed by atoms with van der Waals surface area (Å²) in [5.74, 6) is -0.516. The van der Waals surface area contributed by atoms with Gasteiger partial charge in [0.05, 0.1) is 0 Å². The van der Waals surface area contributed by atoms with E-state index in [1.807, 2.05) is 7.05 Å². The van der Waals surface area contributed by atoms with E-state index in [2.05, 4.69) is 10.2 Å². The number of nitrogens with zero attached hydrogens (tertiary/aromatic N) is 2. The Hall–Kier alpha value is -0.820. The second-order valence-electron chi connectivity index (χ2n) is 6.11. The lowest BCUT2D eigenvalue weighted by Crippen LogP contribution is -2.53. The van der Waals surface area contributed by atoms with Gasteiger partial charge in [-0.3, -0.25) is 4.79 Å². The van der Waals surface area contributed by atoms with Gasteiger partial charge in [-0.15, -0.1) is 0 Å². The first kappa shape index (κ1) is 15.6. The Morgan fingerprint density at radius 3 is 2.65 bits per heavy atom. The van der Waals surface area contributed by atoms with Gasteiger partial charge in [0.25, 0.3) is 0 Å². The summed E-state index contributed by atoms with van der Waals surface area (Å²) in [4.78, 5) is 15.8. The van der Waals surface area contributed by atoms with E-state index in [4.69, 9.17) is 0 Å². The summed E-state index contributed by atoms with van der Waals surface area (Å²) in [5, 5.41) is 2.68. The molecular weight excluding hydrogens is 271 g/mol. The minimum atomic E-state index is -4.49. The Morgan fingerprint density at radius 2 is 2.20 bits per heavy atom. The van der Waals surface area contributed by atoms with Gasteiger partial charge in [0, 0.05) is 26.7 Å². The van der Waals surface area contributed by atoms with Gasteiger partial charge in [-0.2, -0.15) is 13.2 Å². The van der Waals surface area contributed by atoms with E-state index in [1.54, 1.807) is 0 Å². The molecule has 0 aromatic carbocycles. The molecule has 2 unspecified atom stereocenters. The molecule has 2 saturated heterocycles. The lowest BCUT2D eigenvalue weighted by molar-refractivity contribution is -0.221. The number of nitrogens with one attached hydrogen (secondary N) is 1. The van der Waals surface area contributed by atoms with E-state index in [1.165, 1.54) is 11.9 Å². The maximum Gasteiger partial charge on any atom is 0.404 e. The number of amides is 1. The molecule has 0 radical (unpaired) electrons. The lowest BCUT2D eigenvalue weighted by Gasteiger charge is -2.34. The summed E-state index contributed by atoms with van der Waals surface area (Å²) in [6, 6.07) is 0. The zero-order chi connectivity index (χ0) is 15.0. The summed E-state index contributed by atoms with van der Waals surface area (Å²) in [6.45, 7) is 2.13. The summed E-state index contributed by atoms with van der Waals surface area (Å²) in [6.07, 6.45) is -3.72. The molecule has 0 aromatic heterocycles. The van der Waals surface area contributed by atoms with Crippen molar-refractivity contribution < 1.29 is 18.0 Å². The molecule has 7 heteroatoms. The third kappa shape index (κ3) is 2.79. The molecule has 0 aliphatic carbocycles. The molecule has 2 aliphatic heterocycles. The van der Waals surface area contributed by atoms with Crippen molar-refractivity contribution >= 4 is 5.91 Å². The van der Waals surface area contributed by atoms with Crippen LogP contribution in [-0.2, 0) is 4.79 Å². The molecule has 1 N–H and O–H groups in total. The minimum Gasteiger partial charge on any atom is -0.345 e. The number of hydrogen-bond acceptors (Lipinski definition) is 3. The lowest BCUT2D eigenvalue weighted by atomic mass is 9.84. The Balaban J connectivity index is 2.04. The van der Waals surface area contributed by atoms with Crippen molar-refractivity contribution in [2.24, 2.45) is 11.3 Å². The standard InChI is InChI=1S/C13H22F3N3O/c1-18-6-3-10(7-18)8-19(2)11(20)12(13(14,15)16)4-5-17-9-12/h10,17H,3-9H2,1-2H3. The van der Waals surface area contributed by atoms with Crippen LogP contribution < -0.4 is 5.32 Å². The second kappa shape index (κ2) is 5.52. The molecule has 2 heterocycles. The maximum absolute atomic E-state index is 13.3. The molecule has 1 amide bonds. The fourth-order valence-corrected chi connectivity index (χ4v) is 3.25. The maximum atomic E-state index is 13.3. The van der Waals surface area contributed by atoms with Crippen LogP contribution in [0, 0.1) is 11.3 Å². The van der Waals surface area contributed by atoms with Crippen molar-refractivity contribution in [3.05, 3.63) is 0 Å². The molecule has 2 aliphatic rings. The first-order chi connectivity index (χ1) is 9.26. The van der Waals surface area contributed by atoms with E-state index in [0.29, 0.717) is 6.54 Å². The first-order valence-corrected chi connectivity index (χ1v) is 6.98. The van der Waals surface area contributed by atoms with Crippen LogP contribution >= 0.6 is 0 Å². The van der Waals surface area contributed by atoms with Crippen LogP contribution in [0.3, 0.4) is 0 Å². The highest BCUT2D eigenvalue weighted by molar-refractivity contribution is 5.84. The fourth-order valence-electron chi connectivity index (χ4n) is 3.25. The van der Waals surface area contributed by atoms with Crippen molar-refractivity contribution in [2.75, 3.05) is 46.8 Å². The predicted octanol–water partition coefficient (Wildman–Crippen LogP) is 0.938. The van der Waals surface area contributed by atoms with Gasteiger partial charge in [-0.25, -0.2) is 0 Å². The predicted molar refractivity (Wildman–Crippen MR) is 69.2 cm³/mol. The van der Waals surface area contributed by atoms with Crippen molar-refractivity contribution in [1.82, 2.24) is 15.1 Å². The summed E-state index contributed by atoms with van der Waals surface area (Å²) >= 11 is 0. The van der Waals surface area contributed by atoms with Gasteiger partial charge < -0.3 is 15.1 Å². The van der Waals surface area contributed by atoms with Crippen LogP contribution in [0.2, 0.25) is 0 Å². The zero-order valence-electron chi connectivity index (χ0n) is 12.0. The quantitative estimate of drug-likeness (QED) is 0.841. The van der Waals surface area contributed by atoms with E-state index >= 15 is 0 Å². The third-order valence-corrected chi connectivity index (χ3v) is 4.48. The number of likely N-dealkylation sites (tertiary alicyclic amines) is 1. The van der Waals surface area contributed by atoms with Gasteiger partial charge in [0.15, 0.2) is 5.41 Å². The number of carbonyl (C=O) groups excluding carboxylic acids is 1. The SMILES string of the molecule is CN1CCC(CN(C)C(=O)C2(C(F)(F)F)CCNC2)C1. The van der Waals surface area contributed by atoms with Crippen LogP contribution in [0.1, 0.15) is 12.8 Å². The molecule has 0 saturated carbocycles. The van der Waals surface area contributed by atoms with Crippen LogP contribution in [0.25, 0.3) is 0 Å². The van der Waals surface area contributed by atoms with Crippen LogP contribution in [0.4, 0.5) is 13.2 Å². The van der Waals surface area contributed by atoms with Crippen molar-refractivity contribution in [2.45, 2.75) is 19.0 Å². The second-order valence-corrected chi connectivity index (χ2v) is 6.11. The molecule has 20 heavy (non-hydrogen) atoms. The Kier molecular flexibility index (Phi) is 4.30. The number of alkyl halides is 3. The highest BCUT2D eigenvalue weighted by atomic mass is 19.4. The molecule has 0 aromatic rings. The molecule has 4 nitrogen and oxygen atoms in total. The van der Waals surface area contributed by atoms with E-state index in [9.17, 15) is 18.0 Å². The van der Waals surface area contributed by atoms with Crippen LogP contribution in [0.15, 0.2) is 0 Å². The average molecular weight is 293 g/mol.